The Morgan fingerprint density at radius 3 is 3.08 bits per heavy atom. The average molecular weight is 161 g/mol. The minimum absolute atomic E-state index is 0.899. The molecule has 0 saturated carbocycles. The van der Waals surface area contributed by atoms with Crippen molar-refractivity contribution in [2.24, 2.45) is 4.99 Å². The van der Waals surface area contributed by atoms with E-state index in [2.05, 4.69) is 24.2 Å². The van der Waals surface area contributed by atoms with Crippen molar-refractivity contribution in [1.82, 2.24) is 0 Å². The molecule has 1 heteroatoms. The molecule has 1 aliphatic rings. The van der Waals surface area contributed by atoms with E-state index in [-0.39, 0.29) is 0 Å². The van der Waals surface area contributed by atoms with Crippen LogP contribution in [0.25, 0.3) is 0 Å². The molecule has 0 aromatic heterocycles. The van der Waals surface area contributed by atoms with Gasteiger partial charge in [-0.3, -0.25) is 4.99 Å². The van der Waals surface area contributed by atoms with Gasteiger partial charge < -0.3 is 0 Å². The summed E-state index contributed by atoms with van der Waals surface area (Å²) in [7, 11) is 0. The summed E-state index contributed by atoms with van der Waals surface area (Å²) >= 11 is 0. The lowest BCUT2D eigenvalue weighted by Gasteiger charge is -2.02. The van der Waals surface area contributed by atoms with Crippen LogP contribution in [0, 0.1) is 0 Å². The first-order valence-electron chi connectivity index (χ1n) is 4.28. The van der Waals surface area contributed by atoms with E-state index in [4.69, 9.17) is 0 Å². The maximum Gasteiger partial charge on any atom is 0.0586 e. The highest BCUT2D eigenvalue weighted by molar-refractivity contribution is 5.61. The molecule has 0 aromatic rings. The van der Waals surface area contributed by atoms with E-state index < -0.39 is 0 Å². The minimum atomic E-state index is 0.899. The van der Waals surface area contributed by atoms with E-state index >= 15 is 0 Å². The Balaban J connectivity index is 2.81. The molecule has 12 heavy (non-hydrogen) atoms. The molecular weight excluding hydrogens is 146 g/mol. The zero-order valence-electron chi connectivity index (χ0n) is 7.64. The van der Waals surface area contributed by atoms with Crippen molar-refractivity contribution in [1.29, 1.82) is 0 Å². The molecule has 0 atom stereocenters. The third-order valence-corrected chi connectivity index (χ3v) is 1.82. The summed E-state index contributed by atoms with van der Waals surface area (Å²) in [6.07, 6.45) is 7.33. The Kier molecular flexibility index (Phi) is 3.03. The Morgan fingerprint density at radius 1 is 1.67 bits per heavy atom. The summed E-state index contributed by atoms with van der Waals surface area (Å²) in [6, 6.07) is 0. The van der Waals surface area contributed by atoms with Crippen LogP contribution in [0.2, 0.25) is 0 Å². The predicted octanol–water partition coefficient (Wildman–Crippen LogP) is 3.26. The van der Waals surface area contributed by atoms with Gasteiger partial charge in [0, 0.05) is 6.21 Å². The summed E-state index contributed by atoms with van der Waals surface area (Å²) < 4.78 is 0. The lowest BCUT2D eigenvalue weighted by atomic mass is 10.1. The van der Waals surface area contributed by atoms with Crippen molar-refractivity contribution in [3.8, 4) is 0 Å². The second kappa shape index (κ2) is 4.05. The summed E-state index contributed by atoms with van der Waals surface area (Å²) in [5, 5.41) is 0. The van der Waals surface area contributed by atoms with Gasteiger partial charge in [-0.25, -0.2) is 0 Å². The predicted molar refractivity (Wildman–Crippen MR) is 54.4 cm³/mol. The minimum Gasteiger partial charge on any atom is -0.262 e. The van der Waals surface area contributed by atoms with E-state index in [0.29, 0.717) is 0 Å². The fourth-order valence-electron chi connectivity index (χ4n) is 1.24. The highest BCUT2D eigenvalue weighted by Crippen LogP contribution is 2.20. The number of rotatable bonds is 1. The fraction of sp³-hybridized carbons (Fsp3) is 0.364. The van der Waals surface area contributed by atoms with E-state index in [1.165, 1.54) is 12.0 Å². The van der Waals surface area contributed by atoms with Crippen LogP contribution in [0.5, 0.6) is 0 Å². The molecule has 0 N–H and O–H groups in total. The number of nitrogens with zero attached hydrogens (tertiary/aromatic N) is 1. The van der Waals surface area contributed by atoms with Crippen LogP contribution < -0.4 is 0 Å². The van der Waals surface area contributed by atoms with Gasteiger partial charge >= 0.3 is 0 Å². The first-order chi connectivity index (χ1) is 5.70. The van der Waals surface area contributed by atoms with Crippen molar-refractivity contribution in [2.45, 2.75) is 26.2 Å². The molecule has 0 fully saturated rings. The van der Waals surface area contributed by atoms with E-state index in [1.807, 2.05) is 13.1 Å². The summed E-state index contributed by atoms with van der Waals surface area (Å²) in [4.78, 5) is 4.23. The van der Waals surface area contributed by atoms with Crippen LogP contribution in [0.3, 0.4) is 0 Å². The summed E-state index contributed by atoms with van der Waals surface area (Å²) in [5.74, 6) is 0. The molecule has 0 aromatic carbocycles. The monoisotopic (exact) mass is 161 g/mol. The summed E-state index contributed by atoms with van der Waals surface area (Å²) in [5.41, 5.74) is 3.20. The molecule has 0 saturated heterocycles. The quantitative estimate of drug-likeness (QED) is 0.559. The Hall–Kier alpha value is -1.11. The zero-order chi connectivity index (χ0) is 8.97. The second-order valence-electron chi connectivity index (χ2n) is 3.17. The van der Waals surface area contributed by atoms with Crippen molar-refractivity contribution in [3.63, 3.8) is 0 Å². The van der Waals surface area contributed by atoms with Crippen molar-refractivity contribution in [3.05, 3.63) is 36.1 Å². The van der Waals surface area contributed by atoms with Gasteiger partial charge in [0.25, 0.3) is 0 Å². The maximum atomic E-state index is 4.23. The van der Waals surface area contributed by atoms with Gasteiger partial charge in [-0.2, -0.15) is 0 Å². The Morgan fingerprint density at radius 2 is 2.42 bits per heavy atom. The molecular formula is C11H15N. The zero-order valence-corrected chi connectivity index (χ0v) is 7.64. The molecule has 64 valence electrons. The van der Waals surface area contributed by atoms with Gasteiger partial charge in [0.15, 0.2) is 0 Å². The topological polar surface area (TPSA) is 12.4 Å². The maximum absolute atomic E-state index is 4.23. The van der Waals surface area contributed by atoms with Crippen LogP contribution in [0.15, 0.2) is 41.1 Å². The molecule has 0 unspecified atom stereocenters. The van der Waals surface area contributed by atoms with Gasteiger partial charge in [0.2, 0.25) is 0 Å². The molecule has 1 rings (SSSR count). The SMILES string of the molecule is C=C(C)/C=C1/CCCC=NC1=C. The number of aliphatic imine (C=N–C) groups is 1. The molecule has 0 aliphatic carbocycles. The largest absolute Gasteiger partial charge is 0.262 e. The van der Waals surface area contributed by atoms with Gasteiger partial charge in [0.05, 0.1) is 5.70 Å². The average Bonchev–Trinajstić information content (AvgIpc) is 2.16. The molecule has 0 bridgehead atoms. The molecule has 1 heterocycles. The normalized spacial score (nSPS) is 21.1. The summed E-state index contributed by atoms with van der Waals surface area (Å²) in [6.45, 7) is 9.74. The standard InChI is InChI=1S/C11H15N/c1-9(2)8-11-6-4-5-7-12-10(11)3/h7-8H,1,3-6H2,2H3/b11-8-. The lowest BCUT2D eigenvalue weighted by Crippen LogP contribution is -1.84. The molecule has 0 spiro atoms. The highest BCUT2D eigenvalue weighted by Gasteiger charge is 2.03. The van der Waals surface area contributed by atoms with Crippen LogP contribution in [-0.2, 0) is 0 Å². The van der Waals surface area contributed by atoms with Gasteiger partial charge in [0.1, 0.15) is 0 Å². The van der Waals surface area contributed by atoms with Crippen molar-refractivity contribution in [2.75, 3.05) is 0 Å². The molecule has 1 aliphatic heterocycles. The molecule has 1 nitrogen and oxygen atoms in total. The van der Waals surface area contributed by atoms with Gasteiger partial charge in [-0.15, -0.1) is 0 Å². The Bertz CT molecular complexity index is 256. The van der Waals surface area contributed by atoms with Crippen LogP contribution >= 0.6 is 0 Å². The van der Waals surface area contributed by atoms with Crippen LogP contribution in [0.1, 0.15) is 26.2 Å². The number of allylic oxidation sites excluding steroid dienone is 3. The first-order valence-corrected chi connectivity index (χ1v) is 4.28. The lowest BCUT2D eigenvalue weighted by molar-refractivity contribution is 0.881. The number of hydrogen-bond donors (Lipinski definition) is 0. The number of hydrogen-bond acceptors (Lipinski definition) is 1. The smallest absolute Gasteiger partial charge is 0.0586 e. The molecule has 0 amide bonds. The van der Waals surface area contributed by atoms with Crippen molar-refractivity contribution >= 4 is 6.21 Å². The van der Waals surface area contributed by atoms with E-state index in [9.17, 15) is 0 Å². The first kappa shape index (κ1) is 8.98. The second-order valence-corrected chi connectivity index (χ2v) is 3.17. The van der Waals surface area contributed by atoms with E-state index in [0.717, 1.165) is 24.1 Å². The Labute approximate surface area is 74.2 Å². The van der Waals surface area contributed by atoms with Crippen molar-refractivity contribution < 1.29 is 0 Å². The van der Waals surface area contributed by atoms with Crippen LogP contribution in [0.4, 0.5) is 0 Å². The third-order valence-electron chi connectivity index (χ3n) is 1.82. The third kappa shape index (κ3) is 2.50. The van der Waals surface area contributed by atoms with E-state index in [1.54, 1.807) is 0 Å². The van der Waals surface area contributed by atoms with Crippen LogP contribution in [-0.4, -0.2) is 6.21 Å². The highest BCUT2D eigenvalue weighted by atomic mass is 14.7. The van der Waals surface area contributed by atoms with Gasteiger partial charge in [-0.05, 0) is 31.8 Å². The molecule has 0 radical (unpaired) electrons. The fourth-order valence-corrected chi connectivity index (χ4v) is 1.24. The van der Waals surface area contributed by atoms with Gasteiger partial charge in [-0.1, -0.05) is 24.8 Å².